The number of methoxy groups -OCH3 is 4. The van der Waals surface area contributed by atoms with Crippen molar-refractivity contribution in [2.24, 2.45) is 0 Å². The van der Waals surface area contributed by atoms with Gasteiger partial charge < -0.3 is 23.7 Å². The van der Waals surface area contributed by atoms with E-state index in [9.17, 15) is 9.59 Å². The fourth-order valence-corrected chi connectivity index (χ4v) is 3.02. The quantitative estimate of drug-likeness (QED) is 0.727. The maximum absolute atomic E-state index is 12.5. The molecule has 0 radical (unpaired) electrons. The largest absolute Gasteiger partial charge is 0.493 e. The van der Waals surface area contributed by atoms with E-state index in [1.165, 1.54) is 51.9 Å². The van der Waals surface area contributed by atoms with Gasteiger partial charge in [-0.05, 0) is 25.1 Å². The van der Waals surface area contributed by atoms with Gasteiger partial charge in [0.2, 0.25) is 5.75 Å². The molecule has 1 aromatic heterocycles. The van der Waals surface area contributed by atoms with Crippen LogP contribution >= 0.6 is 11.3 Å². The van der Waals surface area contributed by atoms with Crippen LogP contribution in [0.2, 0.25) is 0 Å². The van der Waals surface area contributed by atoms with Crippen molar-refractivity contribution in [3.63, 3.8) is 0 Å². The summed E-state index contributed by atoms with van der Waals surface area (Å²) in [6, 6.07) is 4.55. The Morgan fingerprint density at radius 2 is 1.44 bits per heavy atom. The van der Waals surface area contributed by atoms with E-state index < -0.39 is 11.9 Å². The Kier molecular flexibility index (Phi) is 5.87. The molecule has 0 atom stereocenters. The summed E-state index contributed by atoms with van der Waals surface area (Å²) in [6.45, 7) is 1.80. The van der Waals surface area contributed by atoms with Crippen LogP contribution in [-0.4, -0.2) is 40.4 Å². The maximum Gasteiger partial charge on any atom is 0.351 e. The molecule has 0 N–H and O–H groups in total. The molecule has 0 spiro atoms. The number of carbonyl (C=O) groups is 2. The zero-order chi connectivity index (χ0) is 18.6. The molecule has 0 amide bonds. The zero-order valence-electron chi connectivity index (χ0n) is 14.5. The van der Waals surface area contributed by atoms with Crippen molar-refractivity contribution in [1.29, 1.82) is 0 Å². The summed E-state index contributed by atoms with van der Waals surface area (Å²) in [6.07, 6.45) is 0. The van der Waals surface area contributed by atoms with Crippen molar-refractivity contribution in [1.82, 2.24) is 0 Å². The van der Waals surface area contributed by atoms with E-state index in [2.05, 4.69) is 0 Å². The predicted octanol–water partition coefficient (Wildman–Crippen LogP) is 3.09. The van der Waals surface area contributed by atoms with E-state index in [1.54, 1.807) is 13.0 Å². The molecule has 1 heterocycles. The SMILES string of the molecule is COC(=O)c1sc(C)cc1OC(=O)c1cc(OC)c(OC)c(OC)c1. The second-order valence-electron chi connectivity index (χ2n) is 4.85. The summed E-state index contributed by atoms with van der Waals surface area (Å²) < 4.78 is 25.7. The number of hydrogen-bond donors (Lipinski definition) is 0. The average molecular weight is 366 g/mol. The van der Waals surface area contributed by atoms with E-state index >= 15 is 0 Å². The van der Waals surface area contributed by atoms with Crippen LogP contribution in [0.3, 0.4) is 0 Å². The minimum absolute atomic E-state index is 0.146. The molecule has 134 valence electrons. The van der Waals surface area contributed by atoms with Gasteiger partial charge in [-0.25, -0.2) is 9.59 Å². The highest BCUT2D eigenvalue weighted by atomic mass is 32.1. The van der Waals surface area contributed by atoms with Crippen LogP contribution in [0.15, 0.2) is 18.2 Å². The number of hydrogen-bond acceptors (Lipinski definition) is 8. The fourth-order valence-electron chi connectivity index (χ4n) is 2.16. The van der Waals surface area contributed by atoms with Crippen LogP contribution in [-0.2, 0) is 4.74 Å². The van der Waals surface area contributed by atoms with E-state index in [0.29, 0.717) is 17.2 Å². The third-order valence-electron chi connectivity index (χ3n) is 3.30. The van der Waals surface area contributed by atoms with Crippen LogP contribution < -0.4 is 18.9 Å². The van der Waals surface area contributed by atoms with Gasteiger partial charge in [-0.3, -0.25) is 0 Å². The van der Waals surface area contributed by atoms with Gasteiger partial charge in [0.1, 0.15) is 0 Å². The molecule has 8 heteroatoms. The first kappa shape index (κ1) is 18.6. The monoisotopic (exact) mass is 366 g/mol. The van der Waals surface area contributed by atoms with E-state index in [1.807, 2.05) is 0 Å². The Bertz CT molecular complexity index is 769. The summed E-state index contributed by atoms with van der Waals surface area (Å²) in [5.74, 6) is -0.0729. The van der Waals surface area contributed by atoms with Crippen LogP contribution in [0.4, 0.5) is 0 Å². The van der Waals surface area contributed by atoms with Crippen LogP contribution in [0.1, 0.15) is 24.9 Å². The molecule has 1 aromatic carbocycles. The number of esters is 2. The minimum Gasteiger partial charge on any atom is -0.493 e. The molecule has 0 unspecified atom stereocenters. The van der Waals surface area contributed by atoms with E-state index in [-0.39, 0.29) is 16.2 Å². The number of ether oxygens (including phenoxy) is 5. The van der Waals surface area contributed by atoms with Crippen molar-refractivity contribution in [2.75, 3.05) is 28.4 Å². The van der Waals surface area contributed by atoms with Gasteiger partial charge in [0.05, 0.1) is 34.0 Å². The highest BCUT2D eigenvalue weighted by Gasteiger charge is 2.22. The molecule has 2 aromatic rings. The summed E-state index contributed by atoms with van der Waals surface area (Å²) in [5, 5.41) is 0. The molecule has 0 saturated carbocycles. The van der Waals surface area contributed by atoms with Gasteiger partial charge in [0.25, 0.3) is 0 Å². The normalized spacial score (nSPS) is 10.1. The maximum atomic E-state index is 12.5. The fraction of sp³-hybridized carbons (Fsp3) is 0.294. The first-order valence-corrected chi connectivity index (χ1v) is 7.97. The number of aryl methyl sites for hydroxylation is 1. The molecule has 0 aliphatic rings. The summed E-state index contributed by atoms with van der Waals surface area (Å²) in [5.41, 5.74) is 0.189. The van der Waals surface area contributed by atoms with Gasteiger partial charge in [0.15, 0.2) is 22.1 Å². The van der Waals surface area contributed by atoms with Gasteiger partial charge in [0, 0.05) is 4.88 Å². The van der Waals surface area contributed by atoms with Crippen LogP contribution in [0.25, 0.3) is 0 Å². The lowest BCUT2D eigenvalue weighted by Gasteiger charge is -2.13. The third kappa shape index (κ3) is 3.85. The summed E-state index contributed by atoms with van der Waals surface area (Å²) >= 11 is 1.18. The Morgan fingerprint density at radius 3 is 1.92 bits per heavy atom. The lowest BCUT2D eigenvalue weighted by atomic mass is 10.2. The Morgan fingerprint density at radius 1 is 0.840 bits per heavy atom. The molecule has 7 nitrogen and oxygen atoms in total. The van der Waals surface area contributed by atoms with E-state index in [4.69, 9.17) is 23.7 Å². The molecular weight excluding hydrogens is 348 g/mol. The standard InChI is InChI=1S/C17H18O7S/c1-9-6-13(15(25-9)17(19)23-5)24-16(18)10-7-11(20-2)14(22-4)12(8-10)21-3/h6-8H,1-5H3. The lowest BCUT2D eigenvalue weighted by molar-refractivity contribution is 0.0599. The molecule has 0 bridgehead atoms. The van der Waals surface area contributed by atoms with Crippen molar-refractivity contribution in [3.05, 3.63) is 33.5 Å². The molecule has 0 aliphatic carbocycles. The van der Waals surface area contributed by atoms with Crippen molar-refractivity contribution in [3.8, 4) is 23.0 Å². The van der Waals surface area contributed by atoms with E-state index in [0.717, 1.165) is 4.88 Å². The van der Waals surface area contributed by atoms with Crippen molar-refractivity contribution in [2.45, 2.75) is 6.92 Å². The molecule has 2 rings (SSSR count). The number of carbonyl (C=O) groups excluding carboxylic acids is 2. The van der Waals surface area contributed by atoms with Crippen molar-refractivity contribution >= 4 is 23.3 Å². The predicted molar refractivity (Wildman–Crippen MR) is 91.5 cm³/mol. The van der Waals surface area contributed by atoms with Gasteiger partial charge in [-0.1, -0.05) is 0 Å². The molecule has 0 aliphatic heterocycles. The van der Waals surface area contributed by atoms with Crippen LogP contribution in [0, 0.1) is 6.92 Å². The average Bonchev–Trinajstić information content (AvgIpc) is 2.99. The van der Waals surface area contributed by atoms with Gasteiger partial charge in [-0.15, -0.1) is 11.3 Å². The molecule has 0 fully saturated rings. The second kappa shape index (κ2) is 7.89. The molecule has 25 heavy (non-hydrogen) atoms. The highest BCUT2D eigenvalue weighted by Crippen LogP contribution is 2.38. The third-order valence-corrected chi connectivity index (χ3v) is 4.31. The Balaban J connectivity index is 2.38. The second-order valence-corrected chi connectivity index (χ2v) is 6.10. The van der Waals surface area contributed by atoms with Crippen LogP contribution in [0.5, 0.6) is 23.0 Å². The number of benzene rings is 1. The minimum atomic E-state index is -0.665. The topological polar surface area (TPSA) is 80.3 Å². The molecular formula is C17H18O7S. The first-order chi connectivity index (χ1) is 11.9. The highest BCUT2D eigenvalue weighted by molar-refractivity contribution is 7.14. The number of thiophene rings is 1. The first-order valence-electron chi connectivity index (χ1n) is 7.16. The zero-order valence-corrected chi connectivity index (χ0v) is 15.3. The summed E-state index contributed by atoms with van der Waals surface area (Å²) in [4.78, 5) is 25.3. The van der Waals surface area contributed by atoms with Gasteiger partial charge in [-0.2, -0.15) is 0 Å². The Labute approximate surface area is 149 Å². The van der Waals surface area contributed by atoms with Gasteiger partial charge >= 0.3 is 11.9 Å². The number of rotatable bonds is 6. The smallest absolute Gasteiger partial charge is 0.351 e. The lowest BCUT2D eigenvalue weighted by Crippen LogP contribution is -2.11. The summed E-state index contributed by atoms with van der Waals surface area (Å²) in [7, 11) is 5.63. The molecule has 0 saturated heterocycles. The van der Waals surface area contributed by atoms with Crippen molar-refractivity contribution < 1.29 is 33.3 Å². The Hall–Kier alpha value is -2.74.